The summed E-state index contributed by atoms with van der Waals surface area (Å²) in [5.41, 5.74) is 1.08. The molecule has 21 heavy (non-hydrogen) atoms. The highest BCUT2D eigenvalue weighted by Crippen LogP contribution is 2.25. The first-order valence-corrected chi connectivity index (χ1v) is 7.43. The Labute approximate surface area is 126 Å². The molecule has 1 atom stereocenters. The van der Waals surface area contributed by atoms with Crippen molar-refractivity contribution in [2.75, 3.05) is 40.8 Å². The Kier molecular flexibility index (Phi) is 5.59. The zero-order valence-electron chi connectivity index (χ0n) is 13.1. The van der Waals surface area contributed by atoms with Crippen LogP contribution in [0, 0.1) is 0 Å². The lowest BCUT2D eigenvalue weighted by Gasteiger charge is -2.25. The van der Waals surface area contributed by atoms with Crippen molar-refractivity contribution >= 4 is 5.91 Å². The van der Waals surface area contributed by atoms with Crippen LogP contribution >= 0.6 is 0 Å². The minimum atomic E-state index is -0.0352. The fourth-order valence-corrected chi connectivity index (χ4v) is 2.61. The van der Waals surface area contributed by atoms with Crippen LogP contribution in [0.5, 0.6) is 5.75 Å². The van der Waals surface area contributed by atoms with Crippen molar-refractivity contribution in [1.29, 1.82) is 0 Å². The van der Waals surface area contributed by atoms with Crippen molar-refractivity contribution in [3.8, 4) is 5.75 Å². The first kappa shape index (κ1) is 15.8. The molecular formula is C16H25N3O2. The molecule has 0 spiro atoms. The maximum absolute atomic E-state index is 12.1. The highest BCUT2D eigenvalue weighted by Gasteiger charge is 2.31. The summed E-state index contributed by atoms with van der Waals surface area (Å²) in [6, 6.07) is 7.90. The summed E-state index contributed by atoms with van der Waals surface area (Å²) >= 11 is 0. The summed E-state index contributed by atoms with van der Waals surface area (Å²) in [7, 11) is 5.80. The number of nitrogens with zero attached hydrogens (tertiary/aromatic N) is 2. The Morgan fingerprint density at radius 1 is 1.38 bits per heavy atom. The zero-order valence-corrected chi connectivity index (χ0v) is 13.1. The second-order valence-corrected chi connectivity index (χ2v) is 5.66. The fourth-order valence-electron chi connectivity index (χ4n) is 2.61. The molecule has 1 aliphatic rings. The van der Waals surface area contributed by atoms with Crippen LogP contribution in [0.25, 0.3) is 0 Å². The summed E-state index contributed by atoms with van der Waals surface area (Å²) in [4.78, 5) is 16.2. The van der Waals surface area contributed by atoms with Crippen LogP contribution in [-0.4, -0.2) is 56.5 Å². The number of methoxy groups -OCH3 is 1. The van der Waals surface area contributed by atoms with Gasteiger partial charge in [0.15, 0.2) is 0 Å². The van der Waals surface area contributed by atoms with Crippen molar-refractivity contribution in [2.24, 2.45) is 0 Å². The molecule has 1 unspecified atom stereocenters. The van der Waals surface area contributed by atoms with Crippen molar-refractivity contribution in [1.82, 2.24) is 15.1 Å². The van der Waals surface area contributed by atoms with E-state index in [1.54, 1.807) is 7.11 Å². The predicted molar refractivity (Wildman–Crippen MR) is 83.2 cm³/mol. The average Bonchev–Trinajstić information content (AvgIpc) is 2.84. The molecule has 5 nitrogen and oxygen atoms in total. The SMILES string of the molecule is COc1cccc(C2NCC(=O)N2CCCCN(C)C)c1. The molecule has 1 saturated heterocycles. The van der Waals surface area contributed by atoms with E-state index < -0.39 is 0 Å². The Bertz CT molecular complexity index is 476. The zero-order chi connectivity index (χ0) is 15.2. The molecule has 1 aromatic rings. The van der Waals surface area contributed by atoms with E-state index in [0.717, 1.165) is 37.2 Å². The van der Waals surface area contributed by atoms with E-state index >= 15 is 0 Å². The summed E-state index contributed by atoms with van der Waals surface area (Å²) in [5, 5.41) is 3.28. The quantitative estimate of drug-likeness (QED) is 0.773. The molecule has 1 amide bonds. The molecule has 0 saturated carbocycles. The largest absolute Gasteiger partial charge is 0.497 e. The molecule has 1 N–H and O–H groups in total. The molecule has 1 heterocycles. The van der Waals surface area contributed by atoms with Gasteiger partial charge in [-0.25, -0.2) is 0 Å². The molecule has 1 aliphatic heterocycles. The third kappa shape index (κ3) is 4.19. The number of hydrogen-bond acceptors (Lipinski definition) is 4. The maximum Gasteiger partial charge on any atom is 0.238 e. The lowest BCUT2D eigenvalue weighted by atomic mass is 10.1. The first-order valence-electron chi connectivity index (χ1n) is 7.43. The van der Waals surface area contributed by atoms with Gasteiger partial charge in [0.2, 0.25) is 5.91 Å². The molecule has 0 bridgehead atoms. The van der Waals surface area contributed by atoms with E-state index in [0.29, 0.717) is 6.54 Å². The van der Waals surface area contributed by atoms with E-state index in [1.807, 2.05) is 29.2 Å². The third-order valence-corrected chi connectivity index (χ3v) is 3.74. The maximum atomic E-state index is 12.1. The van der Waals surface area contributed by atoms with Crippen molar-refractivity contribution < 1.29 is 9.53 Å². The minimum absolute atomic E-state index is 0.0352. The Balaban J connectivity index is 1.98. The van der Waals surface area contributed by atoms with Gasteiger partial charge in [0.05, 0.1) is 13.7 Å². The number of carbonyl (C=O) groups excluding carboxylic acids is 1. The van der Waals surface area contributed by atoms with Gasteiger partial charge in [0.25, 0.3) is 0 Å². The van der Waals surface area contributed by atoms with Crippen molar-refractivity contribution in [3.63, 3.8) is 0 Å². The standard InChI is InChI=1S/C16H25N3O2/c1-18(2)9-4-5-10-19-15(20)12-17-16(19)13-7-6-8-14(11-13)21-3/h6-8,11,16-17H,4-5,9-10,12H2,1-3H3. The lowest BCUT2D eigenvalue weighted by molar-refractivity contribution is -0.128. The molecule has 116 valence electrons. The summed E-state index contributed by atoms with van der Waals surface area (Å²) in [6.07, 6.45) is 2.08. The van der Waals surface area contributed by atoms with Gasteiger partial charge < -0.3 is 14.5 Å². The van der Waals surface area contributed by atoms with E-state index in [-0.39, 0.29) is 12.1 Å². The number of hydrogen-bond donors (Lipinski definition) is 1. The second-order valence-electron chi connectivity index (χ2n) is 5.66. The highest BCUT2D eigenvalue weighted by atomic mass is 16.5. The Hall–Kier alpha value is -1.59. The van der Waals surface area contributed by atoms with Gasteiger partial charge in [0.1, 0.15) is 11.9 Å². The molecule has 0 radical (unpaired) electrons. The highest BCUT2D eigenvalue weighted by molar-refractivity contribution is 5.80. The van der Waals surface area contributed by atoms with Crippen LogP contribution in [-0.2, 0) is 4.79 Å². The average molecular weight is 291 g/mol. The monoisotopic (exact) mass is 291 g/mol. The van der Waals surface area contributed by atoms with E-state index in [9.17, 15) is 4.79 Å². The van der Waals surface area contributed by atoms with Gasteiger partial charge in [-0.05, 0) is 51.2 Å². The van der Waals surface area contributed by atoms with Gasteiger partial charge in [-0.15, -0.1) is 0 Å². The topological polar surface area (TPSA) is 44.8 Å². The summed E-state index contributed by atoms with van der Waals surface area (Å²) < 4.78 is 5.26. The molecule has 5 heteroatoms. The molecular weight excluding hydrogens is 266 g/mol. The smallest absolute Gasteiger partial charge is 0.238 e. The van der Waals surface area contributed by atoms with E-state index in [4.69, 9.17) is 4.74 Å². The Morgan fingerprint density at radius 3 is 2.90 bits per heavy atom. The normalized spacial score (nSPS) is 18.6. The van der Waals surface area contributed by atoms with Gasteiger partial charge in [0, 0.05) is 6.54 Å². The number of carbonyl (C=O) groups is 1. The van der Waals surface area contributed by atoms with Crippen LogP contribution in [0.1, 0.15) is 24.6 Å². The predicted octanol–water partition coefficient (Wildman–Crippen LogP) is 1.47. The molecule has 0 aromatic heterocycles. The van der Waals surface area contributed by atoms with E-state index in [1.165, 1.54) is 0 Å². The van der Waals surface area contributed by atoms with Crippen molar-refractivity contribution in [2.45, 2.75) is 19.0 Å². The van der Waals surface area contributed by atoms with Gasteiger partial charge in [-0.2, -0.15) is 0 Å². The summed E-state index contributed by atoms with van der Waals surface area (Å²) in [6.45, 7) is 2.26. The third-order valence-electron chi connectivity index (χ3n) is 3.74. The molecule has 0 aliphatic carbocycles. The van der Waals surface area contributed by atoms with Gasteiger partial charge in [-0.1, -0.05) is 12.1 Å². The van der Waals surface area contributed by atoms with Gasteiger partial charge >= 0.3 is 0 Å². The minimum Gasteiger partial charge on any atom is -0.497 e. The number of amides is 1. The number of ether oxygens (including phenoxy) is 1. The van der Waals surface area contributed by atoms with Crippen LogP contribution in [0.3, 0.4) is 0 Å². The Morgan fingerprint density at radius 2 is 2.19 bits per heavy atom. The number of rotatable bonds is 7. The molecule has 1 aromatic carbocycles. The van der Waals surface area contributed by atoms with Crippen LogP contribution in [0.2, 0.25) is 0 Å². The van der Waals surface area contributed by atoms with Crippen molar-refractivity contribution in [3.05, 3.63) is 29.8 Å². The number of nitrogens with one attached hydrogen (secondary N) is 1. The second kappa shape index (κ2) is 7.43. The summed E-state index contributed by atoms with van der Waals surface area (Å²) in [5.74, 6) is 0.994. The lowest BCUT2D eigenvalue weighted by Crippen LogP contribution is -2.31. The van der Waals surface area contributed by atoms with E-state index in [2.05, 4.69) is 24.3 Å². The fraction of sp³-hybridized carbons (Fsp3) is 0.562. The van der Waals surface area contributed by atoms with Crippen LogP contribution in [0.4, 0.5) is 0 Å². The first-order chi connectivity index (χ1) is 10.1. The number of unbranched alkanes of at least 4 members (excludes halogenated alkanes) is 1. The molecule has 1 fully saturated rings. The molecule has 2 rings (SSSR count). The van der Waals surface area contributed by atoms with Gasteiger partial charge in [-0.3, -0.25) is 10.1 Å². The van der Waals surface area contributed by atoms with Crippen LogP contribution in [0.15, 0.2) is 24.3 Å². The van der Waals surface area contributed by atoms with Crippen LogP contribution < -0.4 is 10.1 Å². The number of benzene rings is 1.